The Kier molecular flexibility index (Phi) is 3.52. The fourth-order valence-corrected chi connectivity index (χ4v) is 2.68. The maximum Gasteiger partial charge on any atom is 0.251 e. The van der Waals surface area contributed by atoms with Crippen LogP contribution in [0.5, 0.6) is 0 Å². The number of nitrogens with one attached hydrogen (secondary N) is 1. The molecule has 0 aromatic heterocycles. The second kappa shape index (κ2) is 4.92. The van der Waals surface area contributed by atoms with Crippen molar-refractivity contribution in [2.24, 2.45) is 0 Å². The molecule has 1 amide bonds. The van der Waals surface area contributed by atoms with Crippen molar-refractivity contribution in [1.82, 2.24) is 5.32 Å². The average molecular weight is 249 g/mol. The molecule has 0 spiro atoms. The first-order chi connectivity index (χ1) is 8.08. The van der Waals surface area contributed by atoms with Crippen molar-refractivity contribution in [3.05, 3.63) is 34.9 Å². The number of amides is 1. The van der Waals surface area contributed by atoms with Crippen LogP contribution in [-0.2, 0) is 4.79 Å². The summed E-state index contributed by atoms with van der Waals surface area (Å²) in [6.07, 6.45) is 0.736. The first kappa shape index (κ1) is 12.2. The fraction of sp³-hybridized carbons (Fsp3) is 0.385. The minimum atomic E-state index is -0.311. The van der Waals surface area contributed by atoms with E-state index in [0.717, 1.165) is 23.3 Å². The van der Waals surface area contributed by atoms with Gasteiger partial charge in [-0.3, -0.25) is 9.59 Å². The zero-order valence-electron chi connectivity index (χ0n) is 9.95. The molecule has 1 aliphatic rings. The van der Waals surface area contributed by atoms with Crippen LogP contribution in [0.2, 0.25) is 0 Å². The highest BCUT2D eigenvalue weighted by molar-refractivity contribution is 8.14. The summed E-state index contributed by atoms with van der Waals surface area (Å²) in [4.78, 5) is 23.3. The van der Waals surface area contributed by atoms with Crippen LogP contribution in [-0.4, -0.2) is 22.8 Å². The minimum Gasteiger partial charge on any atom is -0.341 e. The smallest absolute Gasteiger partial charge is 0.251 e. The van der Waals surface area contributed by atoms with Gasteiger partial charge in [0.25, 0.3) is 5.91 Å². The lowest BCUT2D eigenvalue weighted by molar-refractivity contribution is -0.112. The van der Waals surface area contributed by atoms with Gasteiger partial charge in [-0.25, -0.2) is 0 Å². The minimum absolute atomic E-state index is 0.0715. The van der Waals surface area contributed by atoms with Crippen LogP contribution in [0.25, 0.3) is 0 Å². The normalized spacial score (nSPS) is 19.4. The van der Waals surface area contributed by atoms with E-state index in [-0.39, 0.29) is 17.1 Å². The van der Waals surface area contributed by atoms with Crippen LogP contribution < -0.4 is 5.32 Å². The first-order valence-electron chi connectivity index (χ1n) is 5.62. The molecule has 1 aromatic rings. The van der Waals surface area contributed by atoms with Gasteiger partial charge in [0.15, 0.2) is 0 Å². The van der Waals surface area contributed by atoms with Gasteiger partial charge in [0.05, 0.1) is 6.04 Å². The van der Waals surface area contributed by atoms with Crippen molar-refractivity contribution in [1.29, 1.82) is 0 Å². The Bertz CT molecular complexity index is 470. The van der Waals surface area contributed by atoms with E-state index in [4.69, 9.17) is 0 Å². The summed E-state index contributed by atoms with van der Waals surface area (Å²) in [5.74, 6) is 0.644. The Labute approximate surface area is 105 Å². The van der Waals surface area contributed by atoms with Crippen molar-refractivity contribution in [2.75, 3.05) is 5.75 Å². The summed E-state index contributed by atoms with van der Waals surface area (Å²) in [5, 5.41) is 2.85. The molecule has 0 radical (unpaired) electrons. The second-order valence-corrected chi connectivity index (χ2v) is 5.38. The molecule has 1 atom stereocenters. The van der Waals surface area contributed by atoms with Crippen LogP contribution in [0.1, 0.15) is 27.9 Å². The fourth-order valence-electron chi connectivity index (χ4n) is 1.75. The number of aryl methyl sites for hydroxylation is 2. The Balaban J connectivity index is 2.09. The largest absolute Gasteiger partial charge is 0.341 e. The molecule has 1 aromatic carbocycles. The SMILES string of the molecule is Cc1ccc(C(=O)N[C@H]2CCSC2=O)cc1C. The average Bonchev–Trinajstić information content (AvgIpc) is 2.68. The first-order valence-corrected chi connectivity index (χ1v) is 6.61. The standard InChI is InChI=1S/C13H15NO2S/c1-8-3-4-10(7-9(8)2)12(15)14-11-5-6-17-13(11)16/h3-4,7,11H,5-6H2,1-2H3,(H,14,15)/t11-/m0/s1. The third kappa shape index (κ3) is 2.69. The molecule has 0 saturated carbocycles. The highest BCUT2D eigenvalue weighted by Crippen LogP contribution is 2.20. The highest BCUT2D eigenvalue weighted by atomic mass is 32.2. The van der Waals surface area contributed by atoms with Crippen LogP contribution in [0.3, 0.4) is 0 Å². The molecule has 1 fully saturated rings. The highest BCUT2D eigenvalue weighted by Gasteiger charge is 2.26. The molecule has 1 saturated heterocycles. The van der Waals surface area contributed by atoms with Crippen LogP contribution in [0.15, 0.2) is 18.2 Å². The maximum absolute atomic E-state index is 11.9. The molecular weight excluding hydrogens is 234 g/mol. The summed E-state index contributed by atoms with van der Waals surface area (Å²) >= 11 is 1.29. The van der Waals surface area contributed by atoms with Crippen LogP contribution >= 0.6 is 11.8 Å². The predicted octanol–water partition coefficient (Wildman–Crippen LogP) is 2.07. The molecule has 90 valence electrons. The van der Waals surface area contributed by atoms with Crippen molar-refractivity contribution in [3.8, 4) is 0 Å². The van der Waals surface area contributed by atoms with Crippen molar-refractivity contribution < 1.29 is 9.59 Å². The van der Waals surface area contributed by atoms with Gasteiger partial charge in [0, 0.05) is 11.3 Å². The van der Waals surface area contributed by atoms with E-state index in [1.54, 1.807) is 6.07 Å². The van der Waals surface area contributed by atoms with Gasteiger partial charge in [-0.2, -0.15) is 0 Å². The number of carbonyl (C=O) groups is 2. The van der Waals surface area contributed by atoms with E-state index in [1.165, 1.54) is 11.8 Å². The Morgan fingerprint density at radius 3 is 2.71 bits per heavy atom. The van der Waals surface area contributed by atoms with Gasteiger partial charge >= 0.3 is 0 Å². The summed E-state index contributed by atoms with van der Waals surface area (Å²) < 4.78 is 0. The van der Waals surface area contributed by atoms with Crippen molar-refractivity contribution in [2.45, 2.75) is 26.3 Å². The lowest BCUT2D eigenvalue weighted by Crippen LogP contribution is -2.37. The van der Waals surface area contributed by atoms with Gasteiger partial charge in [0.2, 0.25) is 5.12 Å². The van der Waals surface area contributed by atoms with E-state index in [1.807, 2.05) is 26.0 Å². The van der Waals surface area contributed by atoms with E-state index in [9.17, 15) is 9.59 Å². The lowest BCUT2D eigenvalue weighted by Gasteiger charge is -2.11. The topological polar surface area (TPSA) is 46.2 Å². The third-order valence-electron chi connectivity index (χ3n) is 3.01. The number of benzene rings is 1. The summed E-state index contributed by atoms with van der Waals surface area (Å²) in [6.45, 7) is 3.98. The Hall–Kier alpha value is -1.29. The number of hydrogen-bond donors (Lipinski definition) is 1. The molecule has 3 nitrogen and oxygen atoms in total. The van der Waals surface area contributed by atoms with Gasteiger partial charge in [-0.15, -0.1) is 0 Å². The molecule has 2 rings (SSSR count). The molecule has 0 bridgehead atoms. The molecule has 17 heavy (non-hydrogen) atoms. The van der Waals surface area contributed by atoms with Crippen molar-refractivity contribution >= 4 is 22.8 Å². The predicted molar refractivity (Wildman–Crippen MR) is 69.3 cm³/mol. The molecule has 0 unspecified atom stereocenters. The van der Waals surface area contributed by atoms with E-state index < -0.39 is 0 Å². The zero-order valence-corrected chi connectivity index (χ0v) is 10.8. The van der Waals surface area contributed by atoms with E-state index in [2.05, 4.69) is 5.32 Å². The number of carbonyl (C=O) groups excluding carboxylic acids is 2. The molecule has 1 heterocycles. The molecular formula is C13H15NO2S. The number of hydrogen-bond acceptors (Lipinski definition) is 3. The maximum atomic E-state index is 11.9. The van der Waals surface area contributed by atoms with Crippen molar-refractivity contribution in [3.63, 3.8) is 0 Å². The Morgan fingerprint density at radius 1 is 1.35 bits per heavy atom. The van der Waals surface area contributed by atoms with Gasteiger partial charge in [0.1, 0.15) is 0 Å². The monoisotopic (exact) mass is 249 g/mol. The second-order valence-electron chi connectivity index (χ2n) is 4.28. The summed E-state index contributed by atoms with van der Waals surface area (Å²) in [7, 11) is 0. The number of rotatable bonds is 2. The summed E-state index contributed by atoms with van der Waals surface area (Å²) in [5.41, 5.74) is 2.87. The lowest BCUT2D eigenvalue weighted by atomic mass is 10.1. The Morgan fingerprint density at radius 2 is 2.12 bits per heavy atom. The van der Waals surface area contributed by atoms with Crippen LogP contribution in [0.4, 0.5) is 0 Å². The summed E-state index contributed by atoms with van der Waals surface area (Å²) in [6, 6.07) is 5.27. The third-order valence-corrected chi connectivity index (χ3v) is 4.02. The van der Waals surface area contributed by atoms with Gasteiger partial charge in [-0.1, -0.05) is 17.8 Å². The van der Waals surface area contributed by atoms with Gasteiger partial charge in [-0.05, 0) is 43.5 Å². The molecule has 0 aliphatic carbocycles. The van der Waals surface area contributed by atoms with E-state index >= 15 is 0 Å². The zero-order chi connectivity index (χ0) is 12.4. The molecule has 4 heteroatoms. The van der Waals surface area contributed by atoms with Gasteiger partial charge < -0.3 is 5.32 Å². The van der Waals surface area contributed by atoms with Crippen LogP contribution in [0, 0.1) is 13.8 Å². The molecule has 1 aliphatic heterocycles. The molecule has 1 N–H and O–H groups in total. The van der Waals surface area contributed by atoms with E-state index in [0.29, 0.717) is 5.56 Å². The number of thioether (sulfide) groups is 1. The quantitative estimate of drug-likeness (QED) is 0.872.